The number of morpholine rings is 1. The Labute approximate surface area is 186 Å². The van der Waals surface area contributed by atoms with Crippen LogP contribution in [0.4, 0.5) is 5.13 Å². The molecule has 5 nitrogen and oxygen atoms in total. The van der Waals surface area contributed by atoms with Crippen LogP contribution in [0.1, 0.15) is 27.9 Å². The molecule has 1 aromatic heterocycles. The number of fused-ring (bicyclic) bond motifs is 1. The maximum absolute atomic E-state index is 13.4. The highest BCUT2D eigenvalue weighted by Crippen LogP contribution is 2.32. The van der Waals surface area contributed by atoms with E-state index in [4.69, 9.17) is 21.3 Å². The van der Waals surface area contributed by atoms with Crippen LogP contribution in [0.3, 0.4) is 0 Å². The summed E-state index contributed by atoms with van der Waals surface area (Å²) in [6.45, 7) is 9.22. The van der Waals surface area contributed by atoms with E-state index in [1.165, 1.54) is 11.1 Å². The molecule has 2 heterocycles. The molecule has 0 atom stereocenters. The Hall–Kier alpha value is -1.99. The number of aryl methyl sites for hydroxylation is 2. The Morgan fingerprint density at radius 1 is 1.17 bits per heavy atom. The number of hydrogen-bond donors (Lipinski definition) is 0. The molecule has 1 saturated heterocycles. The van der Waals surface area contributed by atoms with E-state index >= 15 is 0 Å². The molecule has 158 valence electrons. The van der Waals surface area contributed by atoms with Crippen LogP contribution in [0.5, 0.6) is 0 Å². The zero-order valence-corrected chi connectivity index (χ0v) is 18.9. The summed E-state index contributed by atoms with van der Waals surface area (Å²) in [5.41, 5.74) is 4.01. The summed E-state index contributed by atoms with van der Waals surface area (Å²) in [6.07, 6.45) is 0.882. The molecular formula is C23H26ClN3O2S. The number of anilines is 1. The van der Waals surface area contributed by atoms with Gasteiger partial charge >= 0.3 is 0 Å². The van der Waals surface area contributed by atoms with Gasteiger partial charge in [0.15, 0.2) is 5.13 Å². The normalized spacial score (nSPS) is 14.9. The van der Waals surface area contributed by atoms with Crippen LogP contribution < -0.4 is 4.90 Å². The van der Waals surface area contributed by atoms with Crippen molar-refractivity contribution in [3.8, 4) is 0 Å². The number of ether oxygens (including phenoxy) is 1. The Morgan fingerprint density at radius 2 is 1.87 bits per heavy atom. The Bertz CT molecular complexity index is 990. The van der Waals surface area contributed by atoms with Gasteiger partial charge in [-0.15, -0.1) is 0 Å². The van der Waals surface area contributed by atoms with Crippen LogP contribution >= 0.6 is 22.9 Å². The van der Waals surface area contributed by atoms with Gasteiger partial charge in [0.05, 0.1) is 23.4 Å². The Kier molecular flexibility index (Phi) is 6.68. The first-order chi connectivity index (χ1) is 14.5. The fourth-order valence-corrected chi connectivity index (χ4v) is 4.79. The first-order valence-electron chi connectivity index (χ1n) is 10.3. The van der Waals surface area contributed by atoms with E-state index in [-0.39, 0.29) is 5.91 Å². The number of rotatable bonds is 6. The van der Waals surface area contributed by atoms with E-state index in [2.05, 4.69) is 30.9 Å². The van der Waals surface area contributed by atoms with E-state index in [1.807, 2.05) is 4.90 Å². The Morgan fingerprint density at radius 3 is 2.60 bits per heavy atom. The first-order valence-corrected chi connectivity index (χ1v) is 11.5. The molecule has 4 rings (SSSR count). The van der Waals surface area contributed by atoms with E-state index in [1.54, 1.807) is 35.6 Å². The predicted molar refractivity (Wildman–Crippen MR) is 124 cm³/mol. The molecule has 2 aromatic carbocycles. The number of hydrogen-bond acceptors (Lipinski definition) is 5. The van der Waals surface area contributed by atoms with Crippen molar-refractivity contribution in [3.63, 3.8) is 0 Å². The lowest BCUT2D eigenvalue weighted by atomic mass is 10.1. The first kappa shape index (κ1) is 21.2. The van der Waals surface area contributed by atoms with Crippen molar-refractivity contribution in [1.29, 1.82) is 0 Å². The summed E-state index contributed by atoms with van der Waals surface area (Å²) < 4.78 is 6.54. The van der Waals surface area contributed by atoms with Gasteiger partial charge in [0.1, 0.15) is 0 Å². The van der Waals surface area contributed by atoms with Gasteiger partial charge in [-0.3, -0.25) is 14.6 Å². The lowest BCUT2D eigenvalue weighted by molar-refractivity contribution is 0.0376. The molecule has 0 bridgehead atoms. The quantitative estimate of drug-likeness (QED) is 0.541. The number of thiazole rings is 1. The highest BCUT2D eigenvalue weighted by molar-refractivity contribution is 7.22. The van der Waals surface area contributed by atoms with Crippen molar-refractivity contribution >= 4 is 44.2 Å². The van der Waals surface area contributed by atoms with Crippen molar-refractivity contribution in [3.05, 3.63) is 58.1 Å². The summed E-state index contributed by atoms with van der Waals surface area (Å²) in [5.74, 6) is -0.0406. The van der Waals surface area contributed by atoms with Gasteiger partial charge in [0.25, 0.3) is 5.91 Å². The van der Waals surface area contributed by atoms with Gasteiger partial charge in [0.2, 0.25) is 0 Å². The predicted octanol–water partition coefficient (Wildman–Crippen LogP) is 4.94. The highest BCUT2D eigenvalue weighted by Gasteiger charge is 2.22. The lowest BCUT2D eigenvalue weighted by Crippen LogP contribution is -2.39. The molecular weight excluding hydrogens is 418 g/mol. The summed E-state index contributed by atoms with van der Waals surface area (Å²) in [7, 11) is 0. The number of aromatic nitrogens is 1. The van der Waals surface area contributed by atoms with Crippen LogP contribution in [-0.2, 0) is 4.74 Å². The average molecular weight is 444 g/mol. The Balaban J connectivity index is 1.58. The highest BCUT2D eigenvalue weighted by atomic mass is 35.5. The van der Waals surface area contributed by atoms with Crippen LogP contribution in [0, 0.1) is 13.8 Å². The van der Waals surface area contributed by atoms with E-state index < -0.39 is 0 Å². The second-order valence-electron chi connectivity index (χ2n) is 7.67. The number of benzene rings is 2. The van der Waals surface area contributed by atoms with Gasteiger partial charge in [-0.2, -0.15) is 0 Å². The maximum atomic E-state index is 13.4. The van der Waals surface area contributed by atoms with Gasteiger partial charge in [0, 0.05) is 36.8 Å². The largest absolute Gasteiger partial charge is 0.379 e. The van der Waals surface area contributed by atoms with Gasteiger partial charge in [-0.25, -0.2) is 4.98 Å². The number of nitrogens with zero attached hydrogens (tertiary/aromatic N) is 3. The lowest BCUT2D eigenvalue weighted by Gasteiger charge is -2.27. The summed E-state index contributed by atoms with van der Waals surface area (Å²) >= 11 is 7.59. The maximum Gasteiger partial charge on any atom is 0.260 e. The third-order valence-corrected chi connectivity index (χ3v) is 6.81. The SMILES string of the molecule is Cc1cc2nc(N(CCCN3CCOCC3)C(=O)c3ccc(Cl)cc3)sc2cc1C. The zero-order chi connectivity index (χ0) is 21.1. The van der Waals surface area contributed by atoms with Crippen molar-refractivity contribution < 1.29 is 9.53 Å². The van der Waals surface area contributed by atoms with Crippen LogP contribution in [-0.4, -0.2) is 55.2 Å². The molecule has 7 heteroatoms. The fraction of sp³-hybridized carbons (Fsp3) is 0.391. The van der Waals surface area contributed by atoms with Crippen LogP contribution in [0.15, 0.2) is 36.4 Å². The van der Waals surface area contributed by atoms with Crippen molar-refractivity contribution in [2.24, 2.45) is 0 Å². The molecule has 0 aliphatic carbocycles. The molecule has 30 heavy (non-hydrogen) atoms. The zero-order valence-electron chi connectivity index (χ0n) is 17.4. The number of amides is 1. The number of carbonyl (C=O) groups is 1. The smallest absolute Gasteiger partial charge is 0.260 e. The van der Waals surface area contributed by atoms with Gasteiger partial charge < -0.3 is 4.74 Å². The van der Waals surface area contributed by atoms with E-state index in [9.17, 15) is 4.79 Å². The minimum Gasteiger partial charge on any atom is -0.379 e. The van der Waals surface area contributed by atoms with Crippen molar-refractivity contribution in [2.45, 2.75) is 20.3 Å². The molecule has 1 fully saturated rings. The minimum atomic E-state index is -0.0406. The molecule has 1 aliphatic heterocycles. The second-order valence-corrected chi connectivity index (χ2v) is 9.12. The summed E-state index contributed by atoms with van der Waals surface area (Å²) in [5, 5.41) is 1.37. The minimum absolute atomic E-state index is 0.0406. The van der Waals surface area contributed by atoms with Crippen LogP contribution in [0.2, 0.25) is 5.02 Å². The standard InChI is InChI=1S/C23H26ClN3O2S/c1-16-14-20-21(15-17(16)2)30-23(25-20)27(9-3-8-26-10-12-29-13-11-26)22(28)18-4-6-19(24)7-5-18/h4-7,14-15H,3,8-13H2,1-2H3. The molecule has 0 spiro atoms. The van der Waals surface area contributed by atoms with Gasteiger partial charge in [-0.1, -0.05) is 22.9 Å². The van der Waals surface area contributed by atoms with E-state index in [0.717, 1.165) is 54.6 Å². The van der Waals surface area contributed by atoms with E-state index in [0.29, 0.717) is 17.1 Å². The number of halogens is 1. The average Bonchev–Trinajstić information content (AvgIpc) is 3.14. The molecule has 1 aliphatic rings. The summed E-state index contributed by atoms with van der Waals surface area (Å²) in [6, 6.07) is 11.3. The molecule has 0 radical (unpaired) electrons. The third kappa shape index (κ3) is 4.83. The topological polar surface area (TPSA) is 45.7 Å². The molecule has 0 saturated carbocycles. The van der Waals surface area contributed by atoms with Gasteiger partial charge in [-0.05, 0) is 67.8 Å². The van der Waals surface area contributed by atoms with Crippen LogP contribution in [0.25, 0.3) is 10.2 Å². The molecule has 0 unspecified atom stereocenters. The molecule has 3 aromatic rings. The fourth-order valence-electron chi connectivity index (χ4n) is 3.59. The monoisotopic (exact) mass is 443 g/mol. The second kappa shape index (κ2) is 9.43. The summed E-state index contributed by atoms with van der Waals surface area (Å²) in [4.78, 5) is 22.4. The molecule has 1 amide bonds. The van der Waals surface area contributed by atoms with Crippen molar-refractivity contribution in [1.82, 2.24) is 9.88 Å². The third-order valence-electron chi connectivity index (χ3n) is 5.52. The van der Waals surface area contributed by atoms with Crippen molar-refractivity contribution in [2.75, 3.05) is 44.3 Å². The molecule has 0 N–H and O–H groups in total. The number of carbonyl (C=O) groups excluding carboxylic acids is 1.